The third-order valence-corrected chi connectivity index (χ3v) is 3.15. The first-order valence-electron chi connectivity index (χ1n) is 4.88. The number of nitrogens with one attached hydrogen (secondary N) is 1. The molecule has 2 nitrogen and oxygen atoms in total. The van der Waals surface area contributed by atoms with E-state index in [9.17, 15) is 4.39 Å². The third kappa shape index (κ3) is 1.36. The summed E-state index contributed by atoms with van der Waals surface area (Å²) in [6.45, 7) is 6.85. The van der Waals surface area contributed by atoms with E-state index >= 15 is 0 Å². The average molecular weight is 172 g/mol. The zero-order valence-electron chi connectivity index (χ0n) is 7.59. The molecule has 0 spiro atoms. The Morgan fingerprint density at radius 2 is 1.92 bits per heavy atom. The van der Waals surface area contributed by atoms with Crippen LogP contribution in [0.5, 0.6) is 0 Å². The SMILES string of the molecule is CCN1CC2CNCC(C1)C2F. The summed E-state index contributed by atoms with van der Waals surface area (Å²) in [6, 6.07) is 0. The molecule has 0 aromatic carbocycles. The molecule has 70 valence electrons. The highest BCUT2D eigenvalue weighted by Crippen LogP contribution is 2.27. The molecule has 12 heavy (non-hydrogen) atoms. The van der Waals surface area contributed by atoms with Gasteiger partial charge in [0, 0.05) is 38.0 Å². The van der Waals surface area contributed by atoms with Crippen molar-refractivity contribution < 1.29 is 4.39 Å². The second kappa shape index (κ2) is 3.30. The van der Waals surface area contributed by atoms with Crippen LogP contribution in [0, 0.1) is 11.8 Å². The van der Waals surface area contributed by atoms with Crippen molar-refractivity contribution in [2.45, 2.75) is 13.1 Å². The fourth-order valence-electron chi connectivity index (χ4n) is 2.39. The number of likely N-dealkylation sites (tertiary alicyclic amines) is 1. The van der Waals surface area contributed by atoms with Gasteiger partial charge in [-0.1, -0.05) is 6.92 Å². The van der Waals surface area contributed by atoms with Crippen LogP contribution in [-0.4, -0.2) is 43.8 Å². The molecule has 2 unspecified atom stereocenters. The first-order chi connectivity index (χ1) is 5.81. The fraction of sp³-hybridized carbons (Fsp3) is 1.00. The van der Waals surface area contributed by atoms with E-state index in [-0.39, 0.29) is 11.8 Å². The summed E-state index contributed by atoms with van der Waals surface area (Å²) in [6.07, 6.45) is -0.547. The lowest BCUT2D eigenvalue weighted by molar-refractivity contribution is 0.0136. The van der Waals surface area contributed by atoms with Crippen LogP contribution in [0.4, 0.5) is 4.39 Å². The van der Waals surface area contributed by atoms with Gasteiger partial charge < -0.3 is 10.2 Å². The van der Waals surface area contributed by atoms with Crippen LogP contribution in [0.3, 0.4) is 0 Å². The van der Waals surface area contributed by atoms with Gasteiger partial charge >= 0.3 is 0 Å². The predicted molar refractivity (Wildman–Crippen MR) is 46.9 cm³/mol. The van der Waals surface area contributed by atoms with E-state index in [1.807, 2.05) is 0 Å². The van der Waals surface area contributed by atoms with Crippen LogP contribution in [0.15, 0.2) is 0 Å². The number of hydrogen-bond acceptors (Lipinski definition) is 2. The van der Waals surface area contributed by atoms with Crippen molar-refractivity contribution in [2.24, 2.45) is 11.8 Å². The minimum atomic E-state index is -0.547. The highest BCUT2D eigenvalue weighted by Gasteiger charge is 2.38. The highest BCUT2D eigenvalue weighted by atomic mass is 19.1. The first kappa shape index (κ1) is 8.45. The molecule has 2 fully saturated rings. The molecule has 2 heterocycles. The van der Waals surface area contributed by atoms with Gasteiger partial charge in [-0.2, -0.15) is 0 Å². The van der Waals surface area contributed by atoms with Crippen molar-refractivity contribution in [1.29, 1.82) is 0 Å². The van der Waals surface area contributed by atoms with Gasteiger partial charge in [0.05, 0.1) is 0 Å². The van der Waals surface area contributed by atoms with Crippen LogP contribution in [0.1, 0.15) is 6.92 Å². The van der Waals surface area contributed by atoms with Crippen molar-refractivity contribution in [3.63, 3.8) is 0 Å². The Labute approximate surface area is 73.1 Å². The number of rotatable bonds is 1. The van der Waals surface area contributed by atoms with Gasteiger partial charge in [-0.25, -0.2) is 4.39 Å². The van der Waals surface area contributed by atoms with E-state index in [4.69, 9.17) is 0 Å². The van der Waals surface area contributed by atoms with Crippen molar-refractivity contribution in [3.8, 4) is 0 Å². The Kier molecular flexibility index (Phi) is 2.33. The van der Waals surface area contributed by atoms with Gasteiger partial charge in [0.25, 0.3) is 0 Å². The number of nitrogens with zero attached hydrogens (tertiary/aromatic N) is 1. The summed E-state index contributed by atoms with van der Waals surface area (Å²) in [5.74, 6) is 0.495. The molecule has 2 aliphatic rings. The maximum Gasteiger partial charge on any atom is 0.111 e. The van der Waals surface area contributed by atoms with E-state index in [0.29, 0.717) is 0 Å². The van der Waals surface area contributed by atoms with E-state index in [2.05, 4.69) is 17.1 Å². The van der Waals surface area contributed by atoms with Gasteiger partial charge in [0.2, 0.25) is 0 Å². The molecule has 2 aliphatic heterocycles. The quantitative estimate of drug-likeness (QED) is 0.619. The summed E-state index contributed by atoms with van der Waals surface area (Å²) in [5, 5.41) is 3.30. The molecule has 2 rings (SSSR count). The molecule has 0 amide bonds. The summed E-state index contributed by atoms with van der Waals surface area (Å²) < 4.78 is 13.5. The molecule has 3 heteroatoms. The van der Waals surface area contributed by atoms with Gasteiger partial charge in [0.15, 0.2) is 0 Å². The fourth-order valence-corrected chi connectivity index (χ4v) is 2.39. The van der Waals surface area contributed by atoms with E-state index in [1.165, 1.54) is 0 Å². The largest absolute Gasteiger partial charge is 0.316 e. The smallest absolute Gasteiger partial charge is 0.111 e. The number of halogens is 1. The molecule has 2 saturated heterocycles. The lowest BCUT2D eigenvalue weighted by atomic mass is 9.84. The van der Waals surface area contributed by atoms with Gasteiger partial charge in [-0.3, -0.25) is 0 Å². The Morgan fingerprint density at radius 1 is 1.33 bits per heavy atom. The van der Waals surface area contributed by atoms with Crippen molar-refractivity contribution >= 4 is 0 Å². The second-order valence-corrected chi connectivity index (χ2v) is 3.98. The zero-order chi connectivity index (χ0) is 8.55. The number of piperidine rings is 2. The maximum absolute atomic E-state index is 13.5. The normalized spacial score (nSPS) is 43.0. The lowest BCUT2D eigenvalue weighted by Gasteiger charge is -2.43. The van der Waals surface area contributed by atoms with Crippen LogP contribution < -0.4 is 5.32 Å². The monoisotopic (exact) mass is 172 g/mol. The molecule has 2 bridgehead atoms. The Balaban J connectivity index is 2.02. The highest BCUT2D eigenvalue weighted by molar-refractivity contribution is 4.92. The van der Waals surface area contributed by atoms with Crippen molar-refractivity contribution in [2.75, 3.05) is 32.7 Å². The first-order valence-corrected chi connectivity index (χ1v) is 4.88. The Morgan fingerprint density at radius 3 is 2.42 bits per heavy atom. The van der Waals surface area contributed by atoms with Gasteiger partial charge in [-0.15, -0.1) is 0 Å². The molecule has 1 N–H and O–H groups in total. The maximum atomic E-state index is 13.5. The van der Waals surface area contributed by atoms with Crippen molar-refractivity contribution in [1.82, 2.24) is 10.2 Å². The lowest BCUT2D eigenvalue weighted by Crippen LogP contribution is -2.57. The standard InChI is InChI=1S/C9H17FN2/c1-2-12-5-7-3-11-4-8(6-12)9(7)10/h7-9,11H,2-6H2,1H3. The summed E-state index contributed by atoms with van der Waals surface area (Å²) in [5.41, 5.74) is 0. The molecule has 0 saturated carbocycles. The minimum Gasteiger partial charge on any atom is -0.316 e. The van der Waals surface area contributed by atoms with Crippen LogP contribution in [0.25, 0.3) is 0 Å². The molecule has 0 aromatic heterocycles. The van der Waals surface area contributed by atoms with E-state index < -0.39 is 6.17 Å². The zero-order valence-corrected chi connectivity index (χ0v) is 7.59. The van der Waals surface area contributed by atoms with Crippen LogP contribution in [0.2, 0.25) is 0 Å². The number of alkyl halides is 1. The summed E-state index contributed by atoms with van der Waals surface area (Å²) >= 11 is 0. The Hall–Kier alpha value is -0.150. The molecule has 0 aromatic rings. The number of hydrogen-bond donors (Lipinski definition) is 1. The molecule has 0 aliphatic carbocycles. The molecule has 2 atom stereocenters. The average Bonchev–Trinajstić information content (AvgIpc) is 2.04. The van der Waals surface area contributed by atoms with Crippen LogP contribution >= 0.6 is 0 Å². The third-order valence-electron chi connectivity index (χ3n) is 3.15. The second-order valence-electron chi connectivity index (χ2n) is 3.98. The molecule has 0 radical (unpaired) electrons. The van der Waals surface area contributed by atoms with Crippen molar-refractivity contribution in [3.05, 3.63) is 0 Å². The topological polar surface area (TPSA) is 15.3 Å². The molecular formula is C9H17FN2. The van der Waals surface area contributed by atoms with E-state index in [1.54, 1.807) is 0 Å². The van der Waals surface area contributed by atoms with Gasteiger partial charge in [-0.05, 0) is 6.54 Å². The van der Waals surface area contributed by atoms with Gasteiger partial charge in [0.1, 0.15) is 6.17 Å². The Bertz CT molecular complexity index is 149. The predicted octanol–water partition coefficient (Wildman–Crippen LogP) is 0.496. The van der Waals surface area contributed by atoms with E-state index in [0.717, 1.165) is 32.7 Å². The number of fused-ring (bicyclic) bond motifs is 2. The summed E-state index contributed by atoms with van der Waals surface area (Å²) in [4.78, 5) is 2.37. The molecular weight excluding hydrogens is 155 g/mol. The van der Waals surface area contributed by atoms with Crippen LogP contribution in [-0.2, 0) is 0 Å². The minimum absolute atomic E-state index is 0.248. The summed E-state index contributed by atoms with van der Waals surface area (Å²) in [7, 11) is 0.